The minimum Gasteiger partial charge on any atom is -0.497 e. The average Bonchev–Trinajstić information content (AvgIpc) is 2.41. The van der Waals surface area contributed by atoms with E-state index in [1.54, 1.807) is 25.3 Å². The van der Waals surface area contributed by atoms with Gasteiger partial charge in [-0.05, 0) is 30.9 Å². The lowest BCUT2D eigenvalue weighted by atomic mass is 10.0. The van der Waals surface area contributed by atoms with E-state index in [1.807, 2.05) is 4.90 Å². The number of hydrogen-bond acceptors (Lipinski definition) is 3. The summed E-state index contributed by atoms with van der Waals surface area (Å²) in [5.41, 5.74) is 7.00. The molecule has 104 valence electrons. The number of rotatable bonds is 2. The first-order valence-electron chi connectivity index (χ1n) is 6.59. The zero-order valence-electron chi connectivity index (χ0n) is 11.5. The number of methoxy groups -OCH3 is 1. The molecular weight excluding hydrogens is 242 g/mol. The molecule has 1 aliphatic rings. The van der Waals surface area contributed by atoms with Gasteiger partial charge in [0.25, 0.3) is 0 Å². The molecule has 1 unspecified atom stereocenters. The maximum absolute atomic E-state index is 12.2. The van der Waals surface area contributed by atoms with Crippen LogP contribution in [0.15, 0.2) is 18.2 Å². The Morgan fingerprint density at radius 3 is 3.00 bits per heavy atom. The molecule has 3 N–H and O–H groups in total. The molecule has 1 heterocycles. The van der Waals surface area contributed by atoms with E-state index in [0.29, 0.717) is 23.0 Å². The third kappa shape index (κ3) is 3.30. The normalized spacial score (nSPS) is 19.1. The van der Waals surface area contributed by atoms with Crippen LogP contribution in [0.5, 0.6) is 5.75 Å². The monoisotopic (exact) mass is 263 g/mol. The summed E-state index contributed by atoms with van der Waals surface area (Å²) in [5, 5.41) is 2.86. The van der Waals surface area contributed by atoms with Crippen LogP contribution < -0.4 is 15.8 Å². The fraction of sp³-hybridized carbons (Fsp3) is 0.500. The van der Waals surface area contributed by atoms with Crippen LogP contribution in [0.3, 0.4) is 0 Å². The van der Waals surface area contributed by atoms with Crippen molar-refractivity contribution in [1.82, 2.24) is 4.90 Å². The van der Waals surface area contributed by atoms with Crippen molar-refractivity contribution in [2.24, 2.45) is 5.92 Å². The molecule has 1 atom stereocenters. The number of benzene rings is 1. The fourth-order valence-electron chi connectivity index (χ4n) is 2.34. The molecule has 0 radical (unpaired) electrons. The van der Waals surface area contributed by atoms with E-state index in [0.717, 1.165) is 19.5 Å². The molecule has 2 rings (SSSR count). The summed E-state index contributed by atoms with van der Waals surface area (Å²) in [6.07, 6.45) is 2.24. The third-order valence-electron chi connectivity index (χ3n) is 3.45. The van der Waals surface area contributed by atoms with Crippen molar-refractivity contribution >= 4 is 17.4 Å². The summed E-state index contributed by atoms with van der Waals surface area (Å²) >= 11 is 0. The Balaban J connectivity index is 2.05. The molecular formula is C14H21N3O2. The van der Waals surface area contributed by atoms with E-state index >= 15 is 0 Å². The van der Waals surface area contributed by atoms with E-state index in [2.05, 4.69) is 12.2 Å². The molecule has 1 aromatic carbocycles. The molecule has 1 fully saturated rings. The second-order valence-corrected chi connectivity index (χ2v) is 5.08. The Labute approximate surface area is 113 Å². The van der Waals surface area contributed by atoms with Crippen LogP contribution in [0, 0.1) is 5.92 Å². The van der Waals surface area contributed by atoms with Crippen LogP contribution in [0.4, 0.5) is 16.2 Å². The predicted molar refractivity (Wildman–Crippen MR) is 76.4 cm³/mol. The highest BCUT2D eigenvalue weighted by Gasteiger charge is 2.21. The van der Waals surface area contributed by atoms with E-state index in [9.17, 15) is 4.79 Å². The number of nitrogens with two attached hydrogens (primary N) is 1. The fourth-order valence-corrected chi connectivity index (χ4v) is 2.34. The zero-order chi connectivity index (χ0) is 13.8. The molecule has 0 bridgehead atoms. The molecule has 5 heteroatoms. The Morgan fingerprint density at radius 2 is 2.32 bits per heavy atom. The van der Waals surface area contributed by atoms with Gasteiger partial charge < -0.3 is 20.7 Å². The first-order valence-corrected chi connectivity index (χ1v) is 6.59. The summed E-state index contributed by atoms with van der Waals surface area (Å²) in [5.74, 6) is 1.23. The van der Waals surface area contributed by atoms with Crippen LogP contribution in [-0.2, 0) is 0 Å². The summed E-state index contributed by atoms with van der Waals surface area (Å²) < 4.78 is 5.13. The standard InChI is InChI=1S/C14H21N3O2/c1-10-4-3-7-17(9-10)14(18)16-13-8-11(19-2)5-6-12(13)15/h5-6,8,10H,3-4,7,9,15H2,1-2H3,(H,16,18). The Kier molecular flexibility index (Phi) is 4.14. The maximum atomic E-state index is 12.2. The highest BCUT2D eigenvalue weighted by Crippen LogP contribution is 2.25. The molecule has 1 aromatic rings. The second kappa shape index (κ2) is 5.82. The lowest BCUT2D eigenvalue weighted by molar-refractivity contribution is 0.182. The Hall–Kier alpha value is -1.91. The smallest absolute Gasteiger partial charge is 0.321 e. The van der Waals surface area contributed by atoms with Gasteiger partial charge in [-0.15, -0.1) is 0 Å². The number of ether oxygens (including phenoxy) is 1. The number of nitrogen functional groups attached to an aromatic ring is 1. The number of urea groups is 1. The topological polar surface area (TPSA) is 67.6 Å². The van der Waals surface area contributed by atoms with Crippen molar-refractivity contribution in [2.45, 2.75) is 19.8 Å². The highest BCUT2D eigenvalue weighted by molar-refractivity contribution is 5.93. The molecule has 0 aromatic heterocycles. The number of nitrogens with zero attached hydrogens (tertiary/aromatic N) is 1. The van der Waals surface area contributed by atoms with Gasteiger partial charge in [0.15, 0.2) is 0 Å². The highest BCUT2D eigenvalue weighted by atomic mass is 16.5. The van der Waals surface area contributed by atoms with Gasteiger partial charge in [0.2, 0.25) is 0 Å². The number of hydrogen-bond donors (Lipinski definition) is 2. The van der Waals surface area contributed by atoms with Gasteiger partial charge in [0.1, 0.15) is 5.75 Å². The molecule has 1 saturated heterocycles. The van der Waals surface area contributed by atoms with Gasteiger partial charge in [-0.1, -0.05) is 6.92 Å². The molecule has 5 nitrogen and oxygen atoms in total. The number of carbonyl (C=O) groups is 1. The van der Waals surface area contributed by atoms with E-state index in [1.165, 1.54) is 6.42 Å². The van der Waals surface area contributed by atoms with Gasteiger partial charge in [0, 0.05) is 19.2 Å². The summed E-state index contributed by atoms with van der Waals surface area (Å²) in [4.78, 5) is 14.0. The van der Waals surface area contributed by atoms with Crippen molar-refractivity contribution in [1.29, 1.82) is 0 Å². The molecule has 1 aliphatic heterocycles. The number of amides is 2. The van der Waals surface area contributed by atoms with Crippen molar-refractivity contribution in [3.05, 3.63) is 18.2 Å². The molecule has 2 amide bonds. The van der Waals surface area contributed by atoms with Crippen LogP contribution in [0.2, 0.25) is 0 Å². The zero-order valence-corrected chi connectivity index (χ0v) is 11.5. The number of nitrogens with one attached hydrogen (secondary N) is 1. The number of carbonyl (C=O) groups excluding carboxylic acids is 1. The van der Waals surface area contributed by atoms with Crippen LogP contribution in [0.1, 0.15) is 19.8 Å². The first kappa shape index (κ1) is 13.5. The van der Waals surface area contributed by atoms with Crippen molar-refractivity contribution in [3.8, 4) is 5.75 Å². The summed E-state index contributed by atoms with van der Waals surface area (Å²) in [6.45, 7) is 3.77. The lowest BCUT2D eigenvalue weighted by Crippen LogP contribution is -2.41. The molecule has 19 heavy (non-hydrogen) atoms. The maximum Gasteiger partial charge on any atom is 0.321 e. The van der Waals surface area contributed by atoms with Crippen molar-refractivity contribution in [2.75, 3.05) is 31.2 Å². The van der Waals surface area contributed by atoms with E-state index < -0.39 is 0 Å². The SMILES string of the molecule is COc1ccc(N)c(NC(=O)N2CCCC(C)C2)c1. The Bertz CT molecular complexity index is 462. The predicted octanol–water partition coefficient (Wildman–Crippen LogP) is 2.54. The van der Waals surface area contributed by atoms with Gasteiger partial charge in [-0.3, -0.25) is 0 Å². The van der Waals surface area contributed by atoms with Crippen molar-refractivity contribution < 1.29 is 9.53 Å². The second-order valence-electron chi connectivity index (χ2n) is 5.08. The number of piperidine rings is 1. The molecule has 0 saturated carbocycles. The Morgan fingerprint density at radius 1 is 1.53 bits per heavy atom. The lowest BCUT2D eigenvalue weighted by Gasteiger charge is -2.31. The van der Waals surface area contributed by atoms with Gasteiger partial charge in [0.05, 0.1) is 18.5 Å². The molecule has 0 aliphatic carbocycles. The minimum absolute atomic E-state index is 0.0912. The van der Waals surface area contributed by atoms with Gasteiger partial charge in [-0.25, -0.2) is 4.79 Å². The average molecular weight is 263 g/mol. The molecule has 0 spiro atoms. The van der Waals surface area contributed by atoms with Gasteiger partial charge in [-0.2, -0.15) is 0 Å². The van der Waals surface area contributed by atoms with Crippen LogP contribution in [-0.4, -0.2) is 31.1 Å². The van der Waals surface area contributed by atoms with Crippen LogP contribution >= 0.6 is 0 Å². The van der Waals surface area contributed by atoms with Crippen molar-refractivity contribution in [3.63, 3.8) is 0 Å². The summed E-state index contributed by atoms with van der Waals surface area (Å²) in [6, 6.07) is 5.15. The van der Waals surface area contributed by atoms with Crippen LogP contribution in [0.25, 0.3) is 0 Å². The van der Waals surface area contributed by atoms with E-state index in [-0.39, 0.29) is 6.03 Å². The summed E-state index contributed by atoms with van der Waals surface area (Å²) in [7, 11) is 1.59. The third-order valence-corrected chi connectivity index (χ3v) is 3.45. The minimum atomic E-state index is -0.0912. The first-order chi connectivity index (χ1) is 9.10. The van der Waals surface area contributed by atoms with Gasteiger partial charge >= 0.3 is 6.03 Å². The number of anilines is 2. The quantitative estimate of drug-likeness (QED) is 0.806. The number of likely N-dealkylation sites (tertiary alicyclic amines) is 1. The van der Waals surface area contributed by atoms with E-state index in [4.69, 9.17) is 10.5 Å². The largest absolute Gasteiger partial charge is 0.497 e.